The van der Waals surface area contributed by atoms with Crippen LogP contribution in [0.3, 0.4) is 0 Å². The SMILES string of the molecule is CCO/C=C/C1C=CC(C2N(C)[C@@H](c3ccccc3)[C@H](c3ccccc3)N2C)=CN1C(=O)c1ccccc1. The van der Waals surface area contributed by atoms with E-state index in [-0.39, 0.29) is 30.2 Å². The van der Waals surface area contributed by atoms with Crippen LogP contribution < -0.4 is 0 Å². The summed E-state index contributed by atoms with van der Waals surface area (Å²) in [7, 11) is 4.36. The van der Waals surface area contributed by atoms with Crippen molar-refractivity contribution in [3.63, 3.8) is 0 Å². The van der Waals surface area contributed by atoms with Gasteiger partial charge in [-0.25, -0.2) is 0 Å². The highest BCUT2D eigenvalue weighted by Crippen LogP contribution is 2.47. The van der Waals surface area contributed by atoms with E-state index in [0.29, 0.717) is 12.2 Å². The van der Waals surface area contributed by atoms with E-state index >= 15 is 0 Å². The molecule has 0 aliphatic carbocycles. The highest BCUT2D eigenvalue weighted by molar-refractivity contribution is 5.95. The Balaban J connectivity index is 1.54. The van der Waals surface area contributed by atoms with Crippen molar-refractivity contribution in [3.05, 3.63) is 144 Å². The van der Waals surface area contributed by atoms with Gasteiger partial charge in [-0.15, -0.1) is 0 Å². The standard InChI is InChI=1S/C33H35N3O2/c1-4-38-23-22-29-21-20-28(24-36(29)33(37)27-18-12-7-13-19-27)32-34(2)30(25-14-8-5-9-15-25)31(35(32)3)26-16-10-6-11-17-26/h5-24,29-32H,4H2,1-3H3/b23-22+/t29?,30-,31-/m0/s1. The Morgan fingerprint density at radius 3 is 1.87 bits per heavy atom. The van der Waals surface area contributed by atoms with Gasteiger partial charge in [0.05, 0.1) is 37.2 Å². The Hall–Kier alpha value is -3.93. The van der Waals surface area contributed by atoms with Crippen LogP contribution in [0, 0.1) is 0 Å². The second-order valence-electron chi connectivity index (χ2n) is 9.76. The van der Waals surface area contributed by atoms with Gasteiger partial charge in [0.2, 0.25) is 0 Å². The Morgan fingerprint density at radius 1 is 0.816 bits per heavy atom. The number of amides is 1. The summed E-state index contributed by atoms with van der Waals surface area (Å²) >= 11 is 0. The van der Waals surface area contributed by atoms with E-state index < -0.39 is 0 Å². The second kappa shape index (κ2) is 11.6. The average Bonchev–Trinajstić information content (AvgIpc) is 3.24. The summed E-state index contributed by atoms with van der Waals surface area (Å²) in [6.07, 6.45) is 9.84. The molecule has 5 nitrogen and oxygen atoms in total. The van der Waals surface area contributed by atoms with Gasteiger partial charge < -0.3 is 9.64 Å². The number of hydrogen-bond acceptors (Lipinski definition) is 4. The minimum Gasteiger partial charge on any atom is -0.502 e. The summed E-state index contributed by atoms with van der Waals surface area (Å²) in [5, 5.41) is 0. The number of rotatable bonds is 7. The highest BCUT2D eigenvalue weighted by atomic mass is 16.5. The molecule has 5 rings (SSSR count). The highest BCUT2D eigenvalue weighted by Gasteiger charge is 2.46. The second-order valence-corrected chi connectivity index (χ2v) is 9.76. The van der Waals surface area contributed by atoms with Gasteiger partial charge in [0.1, 0.15) is 0 Å². The fraction of sp³-hybridized carbons (Fsp3) is 0.242. The van der Waals surface area contributed by atoms with Gasteiger partial charge in [-0.05, 0) is 55.9 Å². The third-order valence-electron chi connectivity index (χ3n) is 7.42. The predicted molar refractivity (Wildman–Crippen MR) is 152 cm³/mol. The predicted octanol–water partition coefficient (Wildman–Crippen LogP) is 6.19. The molecular formula is C33H35N3O2. The molecule has 0 N–H and O–H groups in total. The lowest BCUT2D eigenvalue weighted by molar-refractivity contribution is 0.0803. The van der Waals surface area contributed by atoms with Gasteiger partial charge >= 0.3 is 0 Å². The first-order chi connectivity index (χ1) is 18.6. The quantitative estimate of drug-likeness (QED) is 0.359. The van der Waals surface area contributed by atoms with Crippen molar-refractivity contribution < 1.29 is 9.53 Å². The van der Waals surface area contributed by atoms with Crippen LogP contribution in [0.2, 0.25) is 0 Å². The molecule has 3 aromatic rings. The number of hydrogen-bond donors (Lipinski definition) is 0. The van der Waals surface area contributed by atoms with Crippen LogP contribution in [0.1, 0.15) is 40.5 Å². The van der Waals surface area contributed by atoms with Crippen LogP contribution in [0.4, 0.5) is 0 Å². The minimum atomic E-state index is -0.232. The van der Waals surface area contributed by atoms with E-state index in [1.54, 1.807) is 6.26 Å². The smallest absolute Gasteiger partial charge is 0.258 e. The maximum Gasteiger partial charge on any atom is 0.258 e. The van der Waals surface area contributed by atoms with E-state index in [2.05, 4.69) is 96.7 Å². The first-order valence-electron chi connectivity index (χ1n) is 13.2. The van der Waals surface area contributed by atoms with Crippen LogP contribution >= 0.6 is 0 Å². The molecule has 0 spiro atoms. The maximum atomic E-state index is 13.7. The first-order valence-corrected chi connectivity index (χ1v) is 13.2. The van der Waals surface area contributed by atoms with Crippen LogP contribution in [-0.2, 0) is 4.74 Å². The van der Waals surface area contributed by atoms with Gasteiger partial charge in [0.15, 0.2) is 0 Å². The summed E-state index contributed by atoms with van der Waals surface area (Å²) in [6.45, 7) is 2.53. The van der Waals surface area contributed by atoms with E-state index in [0.717, 1.165) is 5.57 Å². The fourth-order valence-corrected chi connectivity index (χ4v) is 5.70. The van der Waals surface area contributed by atoms with E-state index in [4.69, 9.17) is 4.74 Å². The molecular weight excluding hydrogens is 470 g/mol. The number of ether oxygens (including phenoxy) is 1. The zero-order valence-electron chi connectivity index (χ0n) is 22.2. The fourth-order valence-electron chi connectivity index (χ4n) is 5.70. The zero-order valence-corrected chi connectivity index (χ0v) is 22.2. The molecule has 1 unspecified atom stereocenters. The minimum absolute atomic E-state index is 0.0236. The molecule has 0 bridgehead atoms. The van der Waals surface area contributed by atoms with Crippen LogP contribution in [0.25, 0.3) is 0 Å². The first kappa shape index (κ1) is 25.7. The average molecular weight is 506 g/mol. The van der Waals surface area contributed by atoms with Crippen molar-refractivity contribution in [1.29, 1.82) is 0 Å². The zero-order chi connectivity index (χ0) is 26.5. The molecule has 38 heavy (non-hydrogen) atoms. The van der Waals surface area contributed by atoms with Crippen molar-refractivity contribution in [1.82, 2.24) is 14.7 Å². The molecule has 1 amide bonds. The third kappa shape index (κ3) is 5.08. The van der Waals surface area contributed by atoms with Gasteiger partial charge in [0, 0.05) is 11.8 Å². The van der Waals surface area contributed by atoms with Crippen LogP contribution in [-0.4, -0.2) is 53.5 Å². The molecule has 2 heterocycles. The van der Waals surface area contributed by atoms with Crippen LogP contribution in [0.5, 0.6) is 0 Å². The summed E-state index contributed by atoms with van der Waals surface area (Å²) in [5.41, 5.74) is 4.27. The van der Waals surface area contributed by atoms with Gasteiger partial charge in [-0.2, -0.15) is 0 Å². The summed E-state index contributed by atoms with van der Waals surface area (Å²) in [4.78, 5) is 20.3. The molecule has 0 radical (unpaired) electrons. The lowest BCUT2D eigenvalue weighted by Crippen LogP contribution is -2.41. The van der Waals surface area contributed by atoms with Crippen molar-refractivity contribution in [2.45, 2.75) is 31.2 Å². The Bertz CT molecular complexity index is 1250. The molecule has 2 aliphatic rings. The van der Waals surface area contributed by atoms with E-state index in [1.165, 1.54) is 11.1 Å². The number of carbonyl (C=O) groups is 1. The van der Waals surface area contributed by atoms with Crippen molar-refractivity contribution in [2.75, 3.05) is 20.7 Å². The Morgan fingerprint density at radius 2 is 1.34 bits per heavy atom. The topological polar surface area (TPSA) is 36.0 Å². The molecule has 0 aromatic heterocycles. The maximum absolute atomic E-state index is 13.7. The number of carbonyl (C=O) groups excluding carboxylic acids is 1. The lowest BCUT2D eigenvalue weighted by Gasteiger charge is -2.34. The van der Waals surface area contributed by atoms with Crippen molar-refractivity contribution in [3.8, 4) is 0 Å². The van der Waals surface area contributed by atoms with Crippen molar-refractivity contribution >= 4 is 5.91 Å². The van der Waals surface area contributed by atoms with Gasteiger partial charge in [-0.3, -0.25) is 14.6 Å². The normalized spacial score (nSPS) is 22.7. The molecule has 0 saturated carbocycles. The number of likely N-dealkylation sites (N-methyl/N-ethyl adjacent to an activating group) is 2. The summed E-state index contributed by atoms with van der Waals surface area (Å²) < 4.78 is 5.47. The Kier molecular flexibility index (Phi) is 7.87. The third-order valence-corrected chi connectivity index (χ3v) is 7.42. The van der Waals surface area contributed by atoms with E-state index in [1.807, 2.05) is 54.4 Å². The number of nitrogens with zero attached hydrogens (tertiary/aromatic N) is 3. The molecule has 1 fully saturated rings. The molecule has 2 aliphatic heterocycles. The largest absolute Gasteiger partial charge is 0.502 e. The lowest BCUT2D eigenvalue weighted by atomic mass is 9.93. The molecule has 194 valence electrons. The molecule has 1 saturated heterocycles. The monoisotopic (exact) mass is 505 g/mol. The number of benzene rings is 3. The van der Waals surface area contributed by atoms with Gasteiger partial charge in [0.25, 0.3) is 5.91 Å². The molecule has 3 aromatic carbocycles. The van der Waals surface area contributed by atoms with E-state index in [9.17, 15) is 4.79 Å². The van der Waals surface area contributed by atoms with Crippen LogP contribution in [0.15, 0.2) is 127 Å². The van der Waals surface area contributed by atoms with Gasteiger partial charge in [-0.1, -0.05) is 91.0 Å². The molecule has 5 heteroatoms. The summed E-state index contributed by atoms with van der Waals surface area (Å²) in [5.74, 6) is -0.0406. The Labute approximate surface area is 225 Å². The summed E-state index contributed by atoms with van der Waals surface area (Å²) in [6, 6.07) is 30.9. The van der Waals surface area contributed by atoms with Crippen molar-refractivity contribution in [2.24, 2.45) is 0 Å². The molecule has 3 atom stereocenters.